The first-order valence-electron chi connectivity index (χ1n) is 3.54. The molecule has 0 saturated carbocycles. The zero-order valence-electron chi connectivity index (χ0n) is 6.87. The average Bonchev–Trinajstić information content (AvgIpc) is 2.46. The van der Waals surface area contributed by atoms with Crippen LogP contribution in [0.5, 0.6) is 0 Å². The SMILES string of the molecule is CC(C)C1=NC(=C=[N-])C(C#N)=N1. The Kier molecular flexibility index (Phi) is 2.18. The number of nitrogens with zero attached hydrogens (tertiary/aromatic N) is 4. The molecule has 0 atom stereocenters. The number of amidine groups is 1. The summed E-state index contributed by atoms with van der Waals surface area (Å²) >= 11 is 0. The molecule has 0 aromatic heterocycles. The number of allylic oxidation sites excluding steroid dienone is 1. The van der Waals surface area contributed by atoms with Crippen molar-refractivity contribution in [3.63, 3.8) is 0 Å². The van der Waals surface area contributed by atoms with E-state index < -0.39 is 0 Å². The minimum atomic E-state index is 0.126. The topological polar surface area (TPSA) is 70.8 Å². The van der Waals surface area contributed by atoms with Gasteiger partial charge in [0.2, 0.25) is 0 Å². The monoisotopic (exact) mass is 159 g/mol. The number of hydrogen-bond acceptors (Lipinski definition) is 3. The van der Waals surface area contributed by atoms with E-state index >= 15 is 0 Å². The highest BCUT2D eigenvalue weighted by Gasteiger charge is 2.16. The molecule has 1 aliphatic rings. The fraction of sp³-hybridized carbons (Fsp3) is 0.375. The van der Waals surface area contributed by atoms with Crippen LogP contribution in [0.15, 0.2) is 15.7 Å². The molecule has 0 N–H and O–H groups in total. The predicted molar refractivity (Wildman–Crippen MR) is 47.2 cm³/mol. The second-order valence-electron chi connectivity index (χ2n) is 2.66. The third-order valence-corrected chi connectivity index (χ3v) is 1.41. The molecular formula is C8H7N4-. The largest absolute Gasteiger partial charge is 0.761 e. The summed E-state index contributed by atoms with van der Waals surface area (Å²) in [6.45, 7) is 3.83. The van der Waals surface area contributed by atoms with Crippen molar-refractivity contribution in [2.45, 2.75) is 13.8 Å². The van der Waals surface area contributed by atoms with Crippen molar-refractivity contribution < 1.29 is 0 Å². The molecule has 0 radical (unpaired) electrons. The van der Waals surface area contributed by atoms with Gasteiger partial charge in [-0.3, -0.25) is 0 Å². The molecule has 0 aromatic rings. The lowest BCUT2D eigenvalue weighted by Crippen LogP contribution is -2.00. The molecule has 0 aliphatic carbocycles. The summed E-state index contributed by atoms with van der Waals surface area (Å²) in [6, 6.07) is 1.83. The van der Waals surface area contributed by atoms with Crippen LogP contribution in [-0.2, 0) is 0 Å². The van der Waals surface area contributed by atoms with Gasteiger partial charge in [-0.25, -0.2) is 15.9 Å². The Morgan fingerprint density at radius 1 is 1.42 bits per heavy atom. The maximum Gasteiger partial charge on any atom is 0.174 e. The van der Waals surface area contributed by atoms with Crippen molar-refractivity contribution >= 4 is 17.4 Å². The van der Waals surface area contributed by atoms with Crippen LogP contribution in [0.1, 0.15) is 13.8 Å². The van der Waals surface area contributed by atoms with Crippen molar-refractivity contribution in [3.8, 4) is 6.07 Å². The van der Waals surface area contributed by atoms with Crippen LogP contribution in [0.3, 0.4) is 0 Å². The van der Waals surface area contributed by atoms with Gasteiger partial charge in [-0.15, -0.1) is 0 Å². The molecule has 1 aliphatic heterocycles. The highest BCUT2D eigenvalue weighted by molar-refractivity contribution is 6.24. The van der Waals surface area contributed by atoms with Gasteiger partial charge in [0.1, 0.15) is 17.6 Å². The first-order chi connectivity index (χ1) is 5.69. The number of rotatable bonds is 1. The van der Waals surface area contributed by atoms with Gasteiger partial charge in [-0.1, -0.05) is 13.8 Å². The van der Waals surface area contributed by atoms with Gasteiger partial charge >= 0.3 is 0 Å². The van der Waals surface area contributed by atoms with E-state index in [1.54, 1.807) is 0 Å². The van der Waals surface area contributed by atoms with Crippen LogP contribution in [0.4, 0.5) is 0 Å². The Balaban J connectivity index is 3.09. The highest BCUT2D eigenvalue weighted by Crippen LogP contribution is 2.12. The van der Waals surface area contributed by atoms with E-state index in [0.29, 0.717) is 5.84 Å². The van der Waals surface area contributed by atoms with E-state index in [1.807, 2.05) is 25.8 Å². The van der Waals surface area contributed by atoms with Crippen LogP contribution in [0.25, 0.3) is 5.41 Å². The first kappa shape index (κ1) is 8.38. The van der Waals surface area contributed by atoms with E-state index in [9.17, 15) is 0 Å². The van der Waals surface area contributed by atoms with E-state index in [4.69, 9.17) is 10.7 Å². The fourth-order valence-corrected chi connectivity index (χ4v) is 0.774. The van der Waals surface area contributed by atoms with Crippen LogP contribution in [0, 0.1) is 17.2 Å². The molecule has 4 heteroatoms. The lowest BCUT2D eigenvalue weighted by atomic mass is 10.2. The zero-order chi connectivity index (χ0) is 9.14. The summed E-state index contributed by atoms with van der Waals surface area (Å²) in [7, 11) is 0. The van der Waals surface area contributed by atoms with Crippen molar-refractivity contribution in [3.05, 3.63) is 11.1 Å². The molecule has 4 nitrogen and oxygen atoms in total. The van der Waals surface area contributed by atoms with E-state index in [2.05, 4.69) is 9.98 Å². The molecule has 0 saturated heterocycles. The van der Waals surface area contributed by atoms with Crippen LogP contribution in [0.2, 0.25) is 0 Å². The van der Waals surface area contributed by atoms with Crippen LogP contribution >= 0.6 is 0 Å². The maximum absolute atomic E-state index is 8.54. The Hall–Kier alpha value is -1.72. The van der Waals surface area contributed by atoms with Gasteiger partial charge in [-0.05, 0) is 0 Å². The molecule has 0 bridgehead atoms. The smallest absolute Gasteiger partial charge is 0.174 e. The second-order valence-corrected chi connectivity index (χ2v) is 2.66. The molecule has 0 spiro atoms. The Labute approximate surface area is 70.5 Å². The standard InChI is InChI=1S/C8H7N4/c1-5(2)8-11-6(3-9)7(4-10)12-8/h5H,1-2H3/q-1. The van der Waals surface area contributed by atoms with Gasteiger partial charge in [-0.2, -0.15) is 5.26 Å². The lowest BCUT2D eigenvalue weighted by molar-refractivity contribution is 0.876. The van der Waals surface area contributed by atoms with Gasteiger partial charge in [0, 0.05) is 5.92 Å². The number of nitriles is 1. The van der Waals surface area contributed by atoms with Gasteiger partial charge in [0.15, 0.2) is 5.71 Å². The Morgan fingerprint density at radius 3 is 2.42 bits per heavy atom. The minimum absolute atomic E-state index is 0.126. The zero-order valence-corrected chi connectivity index (χ0v) is 6.87. The van der Waals surface area contributed by atoms with E-state index in [0.717, 1.165) is 0 Å². The first-order valence-corrected chi connectivity index (χ1v) is 3.54. The average molecular weight is 159 g/mol. The van der Waals surface area contributed by atoms with Crippen LogP contribution < -0.4 is 0 Å². The Morgan fingerprint density at radius 2 is 2.08 bits per heavy atom. The normalized spacial score (nSPS) is 15.3. The molecule has 0 aromatic carbocycles. The summed E-state index contributed by atoms with van der Waals surface area (Å²) in [5.74, 6) is 2.54. The quantitative estimate of drug-likeness (QED) is 0.529. The minimum Gasteiger partial charge on any atom is -0.761 e. The van der Waals surface area contributed by atoms with E-state index in [-0.39, 0.29) is 17.3 Å². The molecule has 0 amide bonds. The van der Waals surface area contributed by atoms with Gasteiger partial charge < -0.3 is 5.41 Å². The van der Waals surface area contributed by atoms with E-state index in [1.165, 1.54) is 0 Å². The molecule has 1 heterocycles. The predicted octanol–water partition coefficient (Wildman–Crippen LogP) is 1.14. The number of aliphatic imine (C=N–C) groups is 2. The summed E-state index contributed by atoms with van der Waals surface area (Å²) in [6.07, 6.45) is 0. The molecular weight excluding hydrogens is 152 g/mol. The highest BCUT2D eigenvalue weighted by atomic mass is 15.0. The summed E-state index contributed by atoms with van der Waals surface area (Å²) in [5.41, 5.74) is 0.252. The Bertz CT molecular complexity index is 348. The molecule has 12 heavy (non-hydrogen) atoms. The van der Waals surface area contributed by atoms with Crippen molar-refractivity contribution in [1.29, 1.82) is 5.26 Å². The maximum atomic E-state index is 8.54. The third-order valence-electron chi connectivity index (χ3n) is 1.41. The third kappa shape index (κ3) is 1.31. The molecule has 0 fully saturated rings. The second kappa shape index (κ2) is 3.12. The molecule has 60 valence electrons. The van der Waals surface area contributed by atoms with Crippen molar-refractivity contribution in [2.75, 3.05) is 0 Å². The summed E-state index contributed by atoms with van der Waals surface area (Å²) < 4.78 is 0. The van der Waals surface area contributed by atoms with Crippen molar-refractivity contribution in [2.24, 2.45) is 15.9 Å². The van der Waals surface area contributed by atoms with Gasteiger partial charge in [0.25, 0.3) is 0 Å². The summed E-state index contributed by atoms with van der Waals surface area (Å²) in [5, 5.41) is 17.1. The fourth-order valence-electron chi connectivity index (χ4n) is 0.774. The molecule has 0 unspecified atom stereocenters. The molecule has 1 rings (SSSR count). The summed E-state index contributed by atoms with van der Waals surface area (Å²) in [4.78, 5) is 7.81. The lowest BCUT2D eigenvalue weighted by Gasteiger charge is -1.96. The van der Waals surface area contributed by atoms with Crippen LogP contribution in [-0.4, -0.2) is 17.4 Å². The van der Waals surface area contributed by atoms with Crippen molar-refractivity contribution in [1.82, 2.24) is 0 Å². The number of hydrogen-bond donors (Lipinski definition) is 0. The van der Waals surface area contributed by atoms with Gasteiger partial charge in [0.05, 0.1) is 0 Å².